The quantitative estimate of drug-likeness (QED) is 0.926. The van der Waals surface area contributed by atoms with E-state index in [0.717, 1.165) is 0 Å². The zero-order valence-corrected chi connectivity index (χ0v) is 10.3. The molecule has 0 aliphatic rings. The fourth-order valence-corrected chi connectivity index (χ4v) is 1.74. The van der Waals surface area contributed by atoms with E-state index in [1.807, 2.05) is 0 Å². The Kier molecular flexibility index (Phi) is 4.12. The average Bonchev–Trinajstić information content (AvgIpc) is 2.36. The van der Waals surface area contributed by atoms with Crippen LogP contribution in [-0.2, 0) is 0 Å². The standard InChI is InChI=1S/C13H12ClFN2O/c14-10-5-12(8-17-7-10)18-13(6-16)9-2-1-3-11(15)4-9/h1-5,7-8,13H,6,16H2. The molecule has 0 radical (unpaired) electrons. The fourth-order valence-electron chi connectivity index (χ4n) is 1.58. The van der Waals surface area contributed by atoms with Crippen molar-refractivity contribution in [2.45, 2.75) is 6.10 Å². The maximum Gasteiger partial charge on any atom is 0.140 e. The summed E-state index contributed by atoms with van der Waals surface area (Å²) in [5, 5.41) is 0.475. The van der Waals surface area contributed by atoms with Crippen molar-refractivity contribution in [2.75, 3.05) is 6.54 Å². The summed E-state index contributed by atoms with van der Waals surface area (Å²) in [6.07, 6.45) is 2.61. The smallest absolute Gasteiger partial charge is 0.140 e. The Balaban J connectivity index is 2.19. The Morgan fingerprint density at radius 3 is 2.83 bits per heavy atom. The first-order valence-corrected chi connectivity index (χ1v) is 5.79. The Bertz CT molecular complexity index is 536. The lowest BCUT2D eigenvalue weighted by Crippen LogP contribution is -2.18. The Morgan fingerprint density at radius 1 is 1.33 bits per heavy atom. The topological polar surface area (TPSA) is 48.1 Å². The molecule has 1 aromatic heterocycles. The van der Waals surface area contributed by atoms with E-state index < -0.39 is 6.10 Å². The first kappa shape index (κ1) is 12.8. The van der Waals surface area contributed by atoms with Gasteiger partial charge in [0.2, 0.25) is 0 Å². The van der Waals surface area contributed by atoms with E-state index in [1.165, 1.54) is 24.5 Å². The molecule has 18 heavy (non-hydrogen) atoms. The van der Waals surface area contributed by atoms with Gasteiger partial charge in [-0.3, -0.25) is 4.98 Å². The second-order valence-corrected chi connectivity index (χ2v) is 4.17. The molecule has 2 rings (SSSR count). The molecule has 0 bridgehead atoms. The largest absolute Gasteiger partial charge is 0.483 e. The van der Waals surface area contributed by atoms with Gasteiger partial charge in [0.25, 0.3) is 0 Å². The Morgan fingerprint density at radius 2 is 2.17 bits per heavy atom. The van der Waals surface area contributed by atoms with E-state index in [1.54, 1.807) is 18.2 Å². The number of nitrogens with two attached hydrogens (primary N) is 1. The fraction of sp³-hybridized carbons (Fsp3) is 0.154. The van der Waals surface area contributed by atoms with Crippen molar-refractivity contribution < 1.29 is 9.13 Å². The van der Waals surface area contributed by atoms with Gasteiger partial charge in [0.1, 0.15) is 17.7 Å². The molecule has 1 aromatic carbocycles. The molecule has 0 aliphatic carbocycles. The first-order chi connectivity index (χ1) is 8.69. The van der Waals surface area contributed by atoms with Crippen molar-refractivity contribution in [3.05, 3.63) is 59.1 Å². The number of nitrogens with zero attached hydrogens (tertiary/aromatic N) is 1. The zero-order valence-electron chi connectivity index (χ0n) is 9.51. The normalized spacial score (nSPS) is 12.2. The minimum atomic E-state index is -0.430. The third-order valence-electron chi connectivity index (χ3n) is 2.39. The first-order valence-electron chi connectivity index (χ1n) is 5.42. The molecular weight excluding hydrogens is 255 g/mol. The van der Waals surface area contributed by atoms with Crippen molar-refractivity contribution in [1.29, 1.82) is 0 Å². The second-order valence-electron chi connectivity index (χ2n) is 3.74. The lowest BCUT2D eigenvalue weighted by molar-refractivity contribution is 0.213. The molecule has 1 heterocycles. The van der Waals surface area contributed by atoms with E-state index in [2.05, 4.69) is 4.98 Å². The highest BCUT2D eigenvalue weighted by Gasteiger charge is 2.12. The van der Waals surface area contributed by atoms with Crippen LogP contribution in [-0.4, -0.2) is 11.5 Å². The summed E-state index contributed by atoms with van der Waals surface area (Å²) in [6, 6.07) is 7.79. The van der Waals surface area contributed by atoms with Crippen LogP contribution in [0.25, 0.3) is 0 Å². The van der Waals surface area contributed by atoms with Crippen LogP contribution in [0.5, 0.6) is 5.75 Å². The van der Waals surface area contributed by atoms with E-state index in [9.17, 15) is 4.39 Å². The molecule has 5 heteroatoms. The molecule has 94 valence electrons. The second kappa shape index (κ2) is 5.80. The molecule has 2 aromatic rings. The molecule has 0 aliphatic heterocycles. The van der Waals surface area contributed by atoms with Gasteiger partial charge < -0.3 is 10.5 Å². The zero-order chi connectivity index (χ0) is 13.0. The van der Waals surface area contributed by atoms with Crippen LogP contribution in [0, 0.1) is 5.82 Å². The minimum absolute atomic E-state index is 0.232. The number of aromatic nitrogens is 1. The van der Waals surface area contributed by atoms with Crippen LogP contribution in [0.4, 0.5) is 4.39 Å². The maximum absolute atomic E-state index is 13.1. The van der Waals surface area contributed by atoms with E-state index in [4.69, 9.17) is 22.1 Å². The number of hydrogen-bond donors (Lipinski definition) is 1. The monoisotopic (exact) mass is 266 g/mol. The molecule has 2 N–H and O–H groups in total. The van der Waals surface area contributed by atoms with Crippen LogP contribution in [0.15, 0.2) is 42.7 Å². The van der Waals surface area contributed by atoms with Gasteiger partial charge in [-0.2, -0.15) is 0 Å². The van der Waals surface area contributed by atoms with Gasteiger partial charge in [-0.15, -0.1) is 0 Å². The summed E-state index contributed by atoms with van der Waals surface area (Å²) in [5.74, 6) is 0.181. The molecule has 0 amide bonds. The van der Waals surface area contributed by atoms with Gasteiger partial charge in [0.15, 0.2) is 0 Å². The lowest BCUT2D eigenvalue weighted by Gasteiger charge is -2.17. The molecule has 1 unspecified atom stereocenters. The minimum Gasteiger partial charge on any atom is -0.483 e. The summed E-state index contributed by atoms with van der Waals surface area (Å²) in [5.41, 5.74) is 6.32. The number of halogens is 2. The van der Waals surface area contributed by atoms with Gasteiger partial charge in [0, 0.05) is 18.8 Å². The number of ether oxygens (including phenoxy) is 1. The summed E-state index contributed by atoms with van der Waals surface area (Å²) >= 11 is 5.81. The maximum atomic E-state index is 13.1. The summed E-state index contributed by atoms with van der Waals surface area (Å²) < 4.78 is 18.8. The van der Waals surface area contributed by atoms with Crippen molar-refractivity contribution in [3.8, 4) is 5.75 Å². The molecule has 1 atom stereocenters. The van der Waals surface area contributed by atoms with Crippen molar-refractivity contribution in [1.82, 2.24) is 4.98 Å². The van der Waals surface area contributed by atoms with Crippen LogP contribution in [0.2, 0.25) is 5.02 Å². The molecular formula is C13H12ClFN2O. The summed E-state index contributed by atoms with van der Waals surface area (Å²) in [7, 11) is 0. The average molecular weight is 267 g/mol. The number of rotatable bonds is 4. The van der Waals surface area contributed by atoms with Crippen LogP contribution < -0.4 is 10.5 Å². The van der Waals surface area contributed by atoms with E-state index in [-0.39, 0.29) is 12.4 Å². The molecule has 0 saturated heterocycles. The predicted molar refractivity (Wildman–Crippen MR) is 68.1 cm³/mol. The van der Waals surface area contributed by atoms with Crippen LogP contribution in [0.1, 0.15) is 11.7 Å². The van der Waals surface area contributed by atoms with Gasteiger partial charge >= 0.3 is 0 Å². The van der Waals surface area contributed by atoms with Crippen molar-refractivity contribution >= 4 is 11.6 Å². The molecule has 0 fully saturated rings. The van der Waals surface area contributed by atoms with Gasteiger partial charge in [-0.1, -0.05) is 23.7 Å². The Labute approximate surface area is 109 Å². The van der Waals surface area contributed by atoms with Gasteiger partial charge in [0.05, 0.1) is 11.2 Å². The van der Waals surface area contributed by atoms with Crippen LogP contribution >= 0.6 is 11.6 Å². The van der Waals surface area contributed by atoms with E-state index >= 15 is 0 Å². The number of benzene rings is 1. The van der Waals surface area contributed by atoms with Crippen molar-refractivity contribution in [2.24, 2.45) is 5.73 Å². The number of pyridine rings is 1. The lowest BCUT2D eigenvalue weighted by atomic mass is 10.1. The third kappa shape index (κ3) is 3.18. The van der Waals surface area contributed by atoms with Gasteiger partial charge in [-0.25, -0.2) is 4.39 Å². The summed E-state index contributed by atoms with van der Waals surface area (Å²) in [6.45, 7) is 0.232. The highest BCUT2D eigenvalue weighted by Crippen LogP contribution is 2.23. The Hall–Kier alpha value is -1.65. The highest BCUT2D eigenvalue weighted by atomic mass is 35.5. The van der Waals surface area contributed by atoms with Crippen LogP contribution in [0.3, 0.4) is 0 Å². The predicted octanol–water partition coefficient (Wildman–Crippen LogP) is 2.95. The summed E-state index contributed by atoms with van der Waals surface area (Å²) in [4.78, 5) is 3.91. The number of hydrogen-bond acceptors (Lipinski definition) is 3. The van der Waals surface area contributed by atoms with Gasteiger partial charge in [-0.05, 0) is 17.7 Å². The highest BCUT2D eigenvalue weighted by molar-refractivity contribution is 6.30. The van der Waals surface area contributed by atoms with Crippen molar-refractivity contribution in [3.63, 3.8) is 0 Å². The van der Waals surface area contributed by atoms with E-state index in [0.29, 0.717) is 16.3 Å². The molecule has 0 saturated carbocycles. The molecule has 3 nitrogen and oxygen atoms in total. The third-order valence-corrected chi connectivity index (χ3v) is 2.60. The molecule has 0 spiro atoms. The SMILES string of the molecule is NCC(Oc1cncc(Cl)c1)c1cccc(F)c1.